The lowest BCUT2D eigenvalue weighted by Gasteiger charge is -2.33. The van der Waals surface area contributed by atoms with Crippen molar-refractivity contribution in [1.82, 2.24) is 14.5 Å². The Morgan fingerprint density at radius 3 is 2.15 bits per heavy atom. The SMILES string of the molecule is CC(C)Cc1nc2ccc(OC3CCN(C(=O)OC(C)(C)C)CC3)cc2n1C(=O)OC(C)(C)C. The molecule has 188 valence electrons. The molecule has 0 saturated carbocycles. The standard InChI is InChI=1S/C26H39N3O5/c1-17(2)15-22-27-20-10-9-19(16-21(20)29(22)24(31)34-26(6,7)8)32-18-11-13-28(14-12-18)23(30)33-25(3,4)5/h9-10,16-18H,11-15H2,1-8H3. The molecular formula is C26H39N3O5. The van der Waals surface area contributed by atoms with Crippen LogP contribution in [0.15, 0.2) is 18.2 Å². The molecule has 0 bridgehead atoms. The summed E-state index contributed by atoms with van der Waals surface area (Å²) in [4.78, 5) is 31.8. The first-order chi connectivity index (χ1) is 15.7. The van der Waals surface area contributed by atoms with E-state index in [4.69, 9.17) is 19.2 Å². The van der Waals surface area contributed by atoms with E-state index < -0.39 is 17.3 Å². The Morgan fingerprint density at radius 2 is 1.59 bits per heavy atom. The Bertz CT molecular complexity index is 1020. The van der Waals surface area contributed by atoms with E-state index in [9.17, 15) is 9.59 Å². The number of ether oxygens (including phenoxy) is 3. The van der Waals surface area contributed by atoms with Gasteiger partial charge in [0, 0.05) is 38.4 Å². The average Bonchev–Trinajstić information content (AvgIpc) is 3.02. The summed E-state index contributed by atoms with van der Waals surface area (Å²) in [5.41, 5.74) is 0.284. The summed E-state index contributed by atoms with van der Waals surface area (Å²) in [7, 11) is 0. The molecule has 0 atom stereocenters. The van der Waals surface area contributed by atoms with Gasteiger partial charge in [0.05, 0.1) is 11.0 Å². The second-order valence-corrected chi connectivity index (χ2v) is 11.4. The van der Waals surface area contributed by atoms with E-state index in [1.54, 1.807) is 9.47 Å². The number of hydrogen-bond acceptors (Lipinski definition) is 6. The minimum absolute atomic E-state index is 0.0239. The Hall–Kier alpha value is -2.77. The number of rotatable bonds is 4. The first kappa shape index (κ1) is 25.8. The highest BCUT2D eigenvalue weighted by atomic mass is 16.6. The Kier molecular flexibility index (Phi) is 7.48. The van der Waals surface area contributed by atoms with Crippen LogP contribution in [-0.2, 0) is 15.9 Å². The van der Waals surface area contributed by atoms with E-state index in [1.165, 1.54) is 0 Å². The predicted molar refractivity (Wildman–Crippen MR) is 131 cm³/mol. The molecular weight excluding hydrogens is 434 g/mol. The molecule has 34 heavy (non-hydrogen) atoms. The molecule has 1 aromatic heterocycles. The smallest absolute Gasteiger partial charge is 0.420 e. The highest BCUT2D eigenvalue weighted by Crippen LogP contribution is 2.27. The van der Waals surface area contributed by atoms with Crippen LogP contribution in [-0.4, -0.2) is 57.0 Å². The molecule has 0 spiro atoms. The molecule has 1 fully saturated rings. The Morgan fingerprint density at radius 1 is 1.00 bits per heavy atom. The van der Waals surface area contributed by atoms with Crippen LogP contribution in [0.3, 0.4) is 0 Å². The van der Waals surface area contributed by atoms with Gasteiger partial charge in [-0.25, -0.2) is 19.1 Å². The molecule has 8 nitrogen and oxygen atoms in total. The molecule has 1 saturated heterocycles. The highest BCUT2D eigenvalue weighted by molar-refractivity contribution is 5.88. The fraction of sp³-hybridized carbons (Fsp3) is 0.654. The summed E-state index contributed by atoms with van der Waals surface area (Å²) in [5.74, 6) is 1.69. The van der Waals surface area contributed by atoms with Gasteiger partial charge in [-0.05, 0) is 59.6 Å². The number of hydrogen-bond donors (Lipinski definition) is 0. The number of benzene rings is 1. The van der Waals surface area contributed by atoms with E-state index in [0.29, 0.717) is 55.4 Å². The second kappa shape index (κ2) is 9.84. The minimum atomic E-state index is -0.612. The number of carbonyl (C=O) groups is 2. The fourth-order valence-corrected chi connectivity index (χ4v) is 3.87. The molecule has 1 amide bonds. The maximum absolute atomic E-state index is 13.0. The summed E-state index contributed by atoms with van der Waals surface area (Å²) in [5, 5.41) is 0. The number of nitrogens with zero attached hydrogens (tertiary/aromatic N) is 3. The number of amides is 1. The van der Waals surface area contributed by atoms with E-state index in [2.05, 4.69) is 13.8 Å². The van der Waals surface area contributed by atoms with Crippen molar-refractivity contribution in [3.8, 4) is 5.75 Å². The molecule has 1 aliphatic heterocycles. The molecule has 2 heterocycles. The van der Waals surface area contributed by atoms with Crippen LogP contribution in [0.2, 0.25) is 0 Å². The van der Waals surface area contributed by atoms with Crippen molar-refractivity contribution in [1.29, 1.82) is 0 Å². The maximum Gasteiger partial charge on any atom is 0.420 e. The number of piperidine rings is 1. The van der Waals surface area contributed by atoms with E-state index in [1.807, 2.05) is 59.7 Å². The lowest BCUT2D eigenvalue weighted by molar-refractivity contribution is 0.0126. The first-order valence-electron chi connectivity index (χ1n) is 12.1. The first-order valence-corrected chi connectivity index (χ1v) is 12.1. The summed E-state index contributed by atoms with van der Waals surface area (Å²) >= 11 is 0. The lowest BCUT2D eigenvalue weighted by atomic mass is 10.1. The van der Waals surface area contributed by atoms with Crippen molar-refractivity contribution in [2.24, 2.45) is 5.92 Å². The highest BCUT2D eigenvalue weighted by Gasteiger charge is 2.28. The summed E-state index contributed by atoms with van der Waals surface area (Å²) in [6.07, 6.45) is 1.33. The number of carbonyl (C=O) groups excluding carboxylic acids is 2. The normalized spacial score (nSPS) is 15.6. The average molecular weight is 474 g/mol. The van der Waals surface area contributed by atoms with Crippen molar-refractivity contribution >= 4 is 23.2 Å². The van der Waals surface area contributed by atoms with Crippen LogP contribution in [0.4, 0.5) is 9.59 Å². The van der Waals surface area contributed by atoms with Gasteiger partial charge in [0.1, 0.15) is 28.9 Å². The number of fused-ring (bicyclic) bond motifs is 1. The van der Waals surface area contributed by atoms with Crippen LogP contribution in [0.25, 0.3) is 11.0 Å². The largest absolute Gasteiger partial charge is 0.490 e. The molecule has 1 aromatic carbocycles. The monoisotopic (exact) mass is 473 g/mol. The zero-order valence-corrected chi connectivity index (χ0v) is 21.8. The van der Waals surface area contributed by atoms with E-state index >= 15 is 0 Å². The van der Waals surface area contributed by atoms with Gasteiger partial charge in [0.2, 0.25) is 0 Å². The Balaban J connectivity index is 1.76. The van der Waals surface area contributed by atoms with Gasteiger partial charge in [-0.15, -0.1) is 0 Å². The third-order valence-corrected chi connectivity index (χ3v) is 5.26. The van der Waals surface area contributed by atoms with Crippen LogP contribution >= 0.6 is 0 Å². The van der Waals surface area contributed by atoms with Gasteiger partial charge >= 0.3 is 12.2 Å². The van der Waals surface area contributed by atoms with Gasteiger partial charge in [0.25, 0.3) is 0 Å². The quantitative estimate of drug-likeness (QED) is 0.558. The van der Waals surface area contributed by atoms with Gasteiger partial charge in [-0.2, -0.15) is 0 Å². The van der Waals surface area contributed by atoms with Gasteiger partial charge in [-0.1, -0.05) is 13.8 Å². The molecule has 2 aromatic rings. The molecule has 0 N–H and O–H groups in total. The number of aromatic nitrogens is 2. The summed E-state index contributed by atoms with van der Waals surface area (Å²) < 4.78 is 19.0. The van der Waals surface area contributed by atoms with Crippen LogP contribution in [0, 0.1) is 5.92 Å². The predicted octanol–water partition coefficient (Wildman–Crippen LogP) is 5.80. The van der Waals surface area contributed by atoms with Crippen molar-refractivity contribution in [3.05, 3.63) is 24.0 Å². The van der Waals surface area contributed by atoms with E-state index in [0.717, 1.165) is 5.52 Å². The van der Waals surface area contributed by atoms with Gasteiger partial charge < -0.3 is 19.1 Å². The Labute approximate surface area is 202 Å². The minimum Gasteiger partial charge on any atom is -0.490 e. The van der Waals surface area contributed by atoms with Crippen molar-refractivity contribution in [2.45, 2.75) is 92.0 Å². The molecule has 8 heteroatoms. The number of imidazole rings is 1. The molecule has 0 aliphatic carbocycles. The zero-order valence-electron chi connectivity index (χ0n) is 21.8. The molecule has 0 radical (unpaired) electrons. The summed E-state index contributed by atoms with van der Waals surface area (Å²) in [6, 6.07) is 5.62. The molecule has 3 rings (SSSR count). The van der Waals surface area contributed by atoms with Crippen LogP contribution < -0.4 is 4.74 Å². The van der Waals surface area contributed by atoms with Crippen molar-refractivity contribution in [3.63, 3.8) is 0 Å². The van der Waals surface area contributed by atoms with Crippen molar-refractivity contribution < 1.29 is 23.8 Å². The number of likely N-dealkylation sites (tertiary alicyclic amines) is 1. The van der Waals surface area contributed by atoms with Crippen LogP contribution in [0.1, 0.15) is 74.1 Å². The maximum atomic E-state index is 13.0. The van der Waals surface area contributed by atoms with Crippen molar-refractivity contribution in [2.75, 3.05) is 13.1 Å². The third kappa shape index (κ3) is 6.87. The van der Waals surface area contributed by atoms with E-state index in [-0.39, 0.29) is 12.2 Å². The van der Waals surface area contributed by atoms with Crippen LogP contribution in [0.5, 0.6) is 5.75 Å². The fourth-order valence-electron chi connectivity index (χ4n) is 3.87. The topological polar surface area (TPSA) is 82.9 Å². The van der Waals surface area contributed by atoms with Gasteiger partial charge in [0.15, 0.2) is 0 Å². The van der Waals surface area contributed by atoms with Gasteiger partial charge in [-0.3, -0.25) is 0 Å². The zero-order chi connectivity index (χ0) is 25.3. The lowest BCUT2D eigenvalue weighted by Crippen LogP contribution is -2.44. The third-order valence-electron chi connectivity index (χ3n) is 5.26. The summed E-state index contributed by atoms with van der Waals surface area (Å²) in [6.45, 7) is 16.5. The second-order valence-electron chi connectivity index (χ2n) is 11.4. The molecule has 1 aliphatic rings. The molecule has 0 unspecified atom stereocenters.